The molecule has 8 heteroatoms. The molecule has 3 aromatic rings. The molecule has 0 unspecified atom stereocenters. The summed E-state index contributed by atoms with van der Waals surface area (Å²) in [5.41, 5.74) is 0.690. The first-order chi connectivity index (χ1) is 11.3. The number of hydrogen-bond donors (Lipinski definition) is 3. The van der Waals surface area contributed by atoms with Crippen LogP contribution in [0, 0.1) is 6.92 Å². The molecule has 1 heterocycles. The largest absolute Gasteiger partial charge is 0.477 e. The van der Waals surface area contributed by atoms with Crippen molar-refractivity contribution >= 4 is 44.2 Å². The van der Waals surface area contributed by atoms with Gasteiger partial charge in [0.2, 0.25) is 0 Å². The molecule has 2 aromatic carbocycles. The summed E-state index contributed by atoms with van der Waals surface area (Å²) in [6, 6.07) is 11.3. The Kier molecular flexibility index (Phi) is 3.98. The average Bonchev–Trinajstić information content (AvgIpc) is 2.88. The zero-order valence-electron chi connectivity index (χ0n) is 12.5. The summed E-state index contributed by atoms with van der Waals surface area (Å²) in [6.45, 7) is 1.59. The summed E-state index contributed by atoms with van der Waals surface area (Å²) < 4.78 is 27.8. The van der Waals surface area contributed by atoms with Crippen LogP contribution in [0.1, 0.15) is 16.1 Å². The third kappa shape index (κ3) is 2.72. The fourth-order valence-corrected chi connectivity index (χ4v) is 4.07. The highest BCUT2D eigenvalue weighted by Crippen LogP contribution is 2.31. The Hall–Kier alpha value is -2.51. The summed E-state index contributed by atoms with van der Waals surface area (Å²) >= 11 is 5.99. The van der Waals surface area contributed by atoms with E-state index >= 15 is 0 Å². The van der Waals surface area contributed by atoms with Crippen molar-refractivity contribution < 1.29 is 18.3 Å². The van der Waals surface area contributed by atoms with Gasteiger partial charge in [0.05, 0.1) is 10.6 Å². The first-order valence-electron chi connectivity index (χ1n) is 6.93. The van der Waals surface area contributed by atoms with Crippen molar-refractivity contribution in [3.63, 3.8) is 0 Å². The van der Waals surface area contributed by atoms with Crippen LogP contribution in [0.4, 0.5) is 5.69 Å². The van der Waals surface area contributed by atoms with E-state index in [0.29, 0.717) is 21.5 Å². The minimum Gasteiger partial charge on any atom is -0.477 e. The molecule has 0 aliphatic heterocycles. The highest BCUT2D eigenvalue weighted by Gasteiger charge is 2.24. The second-order valence-electron chi connectivity index (χ2n) is 5.19. The van der Waals surface area contributed by atoms with Gasteiger partial charge in [-0.05, 0) is 30.7 Å². The molecular weight excluding hydrogens is 352 g/mol. The minimum absolute atomic E-state index is 0.00234. The number of H-pyrrole nitrogens is 1. The minimum atomic E-state index is -4.00. The SMILES string of the molecule is Cc1c(Cl)cccc1S(=O)(=O)Nc1c(C(=O)O)[nH]c2ccccc12. The number of anilines is 1. The Morgan fingerprint density at radius 3 is 2.58 bits per heavy atom. The van der Waals surface area contributed by atoms with E-state index < -0.39 is 16.0 Å². The zero-order valence-corrected chi connectivity index (χ0v) is 14.1. The summed E-state index contributed by atoms with van der Waals surface area (Å²) in [5.74, 6) is -1.26. The van der Waals surface area contributed by atoms with Crippen LogP contribution >= 0.6 is 11.6 Å². The molecule has 3 rings (SSSR count). The van der Waals surface area contributed by atoms with E-state index in [-0.39, 0.29) is 16.3 Å². The van der Waals surface area contributed by atoms with Gasteiger partial charge in [0.25, 0.3) is 10.0 Å². The Bertz CT molecular complexity index is 1060. The molecule has 0 aliphatic carbocycles. The molecule has 0 fully saturated rings. The summed E-state index contributed by atoms with van der Waals surface area (Å²) in [7, 11) is -4.00. The van der Waals surface area contributed by atoms with E-state index in [2.05, 4.69) is 9.71 Å². The number of halogens is 1. The molecule has 124 valence electrons. The maximum Gasteiger partial charge on any atom is 0.354 e. The highest BCUT2D eigenvalue weighted by molar-refractivity contribution is 7.92. The maximum absolute atomic E-state index is 12.7. The number of rotatable bonds is 4. The van der Waals surface area contributed by atoms with Gasteiger partial charge >= 0.3 is 5.97 Å². The molecule has 24 heavy (non-hydrogen) atoms. The van der Waals surface area contributed by atoms with Gasteiger partial charge < -0.3 is 10.1 Å². The topological polar surface area (TPSA) is 99.3 Å². The van der Waals surface area contributed by atoms with Gasteiger partial charge in [-0.25, -0.2) is 13.2 Å². The van der Waals surface area contributed by atoms with Crippen LogP contribution in [0.5, 0.6) is 0 Å². The van der Waals surface area contributed by atoms with Crippen LogP contribution in [0.2, 0.25) is 5.02 Å². The van der Waals surface area contributed by atoms with Crippen LogP contribution in [0.3, 0.4) is 0 Å². The lowest BCUT2D eigenvalue weighted by molar-refractivity contribution is 0.0692. The predicted molar refractivity (Wildman–Crippen MR) is 92.3 cm³/mol. The van der Waals surface area contributed by atoms with E-state index in [1.165, 1.54) is 12.1 Å². The van der Waals surface area contributed by atoms with Gasteiger partial charge in [0.1, 0.15) is 5.69 Å². The van der Waals surface area contributed by atoms with Crippen molar-refractivity contribution in [3.05, 3.63) is 58.7 Å². The molecular formula is C16H13ClN2O4S. The normalized spacial score (nSPS) is 11.6. The molecule has 6 nitrogen and oxygen atoms in total. The molecule has 0 atom stereocenters. The molecule has 0 amide bonds. The fourth-order valence-electron chi connectivity index (χ4n) is 2.48. The van der Waals surface area contributed by atoms with Gasteiger partial charge in [-0.3, -0.25) is 4.72 Å². The number of carboxylic acid groups (broad SMARTS) is 1. The second kappa shape index (κ2) is 5.85. The quantitative estimate of drug-likeness (QED) is 0.658. The molecule has 0 saturated carbocycles. The lowest BCUT2D eigenvalue weighted by Gasteiger charge is -2.11. The maximum atomic E-state index is 12.7. The van der Waals surface area contributed by atoms with E-state index in [9.17, 15) is 18.3 Å². The predicted octanol–water partition coefficient (Wildman–Crippen LogP) is 3.63. The van der Waals surface area contributed by atoms with Crippen LogP contribution in [0.25, 0.3) is 10.9 Å². The van der Waals surface area contributed by atoms with Gasteiger partial charge in [0.15, 0.2) is 0 Å². The van der Waals surface area contributed by atoms with Crippen LogP contribution in [-0.4, -0.2) is 24.5 Å². The van der Waals surface area contributed by atoms with E-state index in [1.807, 2.05) is 0 Å². The lowest BCUT2D eigenvalue weighted by Crippen LogP contribution is -2.16. The van der Waals surface area contributed by atoms with E-state index in [4.69, 9.17) is 11.6 Å². The number of aromatic nitrogens is 1. The number of aromatic carboxylic acids is 1. The number of carboxylic acids is 1. The number of nitrogens with one attached hydrogen (secondary N) is 2. The van der Waals surface area contributed by atoms with Crippen molar-refractivity contribution in [2.45, 2.75) is 11.8 Å². The third-order valence-corrected chi connectivity index (χ3v) is 5.57. The van der Waals surface area contributed by atoms with Gasteiger partial charge in [0, 0.05) is 15.9 Å². The Labute approximate surface area is 143 Å². The average molecular weight is 365 g/mol. The van der Waals surface area contributed by atoms with Crippen molar-refractivity contribution in [1.29, 1.82) is 0 Å². The van der Waals surface area contributed by atoms with E-state index in [0.717, 1.165) is 0 Å². The van der Waals surface area contributed by atoms with Gasteiger partial charge in [-0.1, -0.05) is 35.9 Å². The molecule has 0 saturated heterocycles. The van der Waals surface area contributed by atoms with Crippen LogP contribution in [0.15, 0.2) is 47.4 Å². The zero-order chi connectivity index (χ0) is 17.5. The third-order valence-electron chi connectivity index (χ3n) is 3.66. The number of carbonyl (C=O) groups is 1. The number of aromatic amines is 1. The monoisotopic (exact) mass is 364 g/mol. The number of hydrogen-bond acceptors (Lipinski definition) is 3. The first kappa shape index (κ1) is 16.4. The molecule has 0 radical (unpaired) electrons. The summed E-state index contributed by atoms with van der Waals surface area (Å²) in [5, 5.41) is 10.1. The van der Waals surface area contributed by atoms with Crippen molar-refractivity contribution in [1.82, 2.24) is 4.98 Å². The lowest BCUT2D eigenvalue weighted by atomic mass is 10.2. The summed E-state index contributed by atoms with van der Waals surface area (Å²) in [4.78, 5) is 14.2. The van der Waals surface area contributed by atoms with Crippen LogP contribution < -0.4 is 4.72 Å². The highest BCUT2D eigenvalue weighted by atomic mass is 35.5. The smallest absolute Gasteiger partial charge is 0.354 e. The van der Waals surface area contributed by atoms with Crippen molar-refractivity contribution in [2.75, 3.05) is 4.72 Å². The van der Waals surface area contributed by atoms with E-state index in [1.54, 1.807) is 37.3 Å². The fraction of sp³-hybridized carbons (Fsp3) is 0.0625. The second-order valence-corrected chi connectivity index (χ2v) is 7.25. The molecule has 0 aliphatic rings. The Morgan fingerprint density at radius 1 is 1.17 bits per heavy atom. The number of para-hydroxylation sites is 1. The first-order valence-corrected chi connectivity index (χ1v) is 8.79. The molecule has 3 N–H and O–H groups in total. The van der Waals surface area contributed by atoms with Gasteiger partial charge in [-0.15, -0.1) is 0 Å². The van der Waals surface area contributed by atoms with Crippen molar-refractivity contribution in [3.8, 4) is 0 Å². The van der Waals surface area contributed by atoms with Crippen LogP contribution in [-0.2, 0) is 10.0 Å². The number of sulfonamides is 1. The molecule has 1 aromatic heterocycles. The molecule has 0 bridgehead atoms. The number of fused-ring (bicyclic) bond motifs is 1. The number of benzene rings is 2. The molecule has 0 spiro atoms. The van der Waals surface area contributed by atoms with Crippen molar-refractivity contribution in [2.24, 2.45) is 0 Å². The summed E-state index contributed by atoms with van der Waals surface area (Å²) in [6.07, 6.45) is 0. The Morgan fingerprint density at radius 2 is 1.88 bits per heavy atom. The Balaban J connectivity index is 2.17. The standard InChI is InChI=1S/C16H13ClN2O4S/c1-9-11(17)6-4-8-13(9)24(22,23)19-14-10-5-2-3-7-12(10)18-15(14)16(20)21/h2-8,18-19H,1H3,(H,20,21). The van der Waals surface area contributed by atoms with Gasteiger partial charge in [-0.2, -0.15) is 0 Å².